The molecule has 1 aromatic carbocycles. The van der Waals surface area contributed by atoms with Crippen LogP contribution in [0.25, 0.3) is 0 Å². The van der Waals surface area contributed by atoms with Crippen LogP contribution in [-0.2, 0) is 24.4 Å². The molecular weight excluding hydrogens is 342 g/mol. The molecule has 7 nitrogen and oxygen atoms in total. The molecule has 2 N–H and O–H groups in total. The first-order chi connectivity index (χ1) is 13.1. The highest BCUT2D eigenvalue weighted by molar-refractivity contribution is 6.23. The molecule has 142 valence electrons. The number of nitrogens with zero attached hydrogens (tertiary/aromatic N) is 3. The predicted molar refractivity (Wildman–Crippen MR) is 102 cm³/mol. The Kier molecular flexibility index (Phi) is 4.70. The molecule has 27 heavy (non-hydrogen) atoms. The average molecular weight is 367 g/mol. The largest absolute Gasteiger partial charge is 0.329 e. The van der Waals surface area contributed by atoms with Gasteiger partial charge in [0, 0.05) is 31.4 Å². The fraction of sp³-hybridized carbons (Fsp3) is 0.450. The molecule has 0 unspecified atom stereocenters. The summed E-state index contributed by atoms with van der Waals surface area (Å²) in [6, 6.07) is 7.31. The zero-order valence-electron chi connectivity index (χ0n) is 15.6. The van der Waals surface area contributed by atoms with Gasteiger partial charge < -0.3 is 10.6 Å². The third kappa shape index (κ3) is 3.35. The first kappa shape index (κ1) is 17.7. The summed E-state index contributed by atoms with van der Waals surface area (Å²) in [5.74, 6) is -0.109. The zero-order valence-corrected chi connectivity index (χ0v) is 15.6. The van der Waals surface area contributed by atoms with E-state index in [0.717, 1.165) is 49.9 Å². The van der Waals surface area contributed by atoms with Crippen LogP contribution in [0.15, 0.2) is 36.7 Å². The van der Waals surface area contributed by atoms with Gasteiger partial charge in [-0.1, -0.05) is 25.0 Å². The lowest BCUT2D eigenvalue weighted by Gasteiger charge is -2.20. The lowest BCUT2D eigenvalue weighted by Crippen LogP contribution is -2.44. The number of hydrogen-bond donors (Lipinski definition) is 2. The van der Waals surface area contributed by atoms with Crippen molar-refractivity contribution in [2.24, 2.45) is 0 Å². The van der Waals surface area contributed by atoms with Gasteiger partial charge in [-0.05, 0) is 37.5 Å². The second-order valence-electron chi connectivity index (χ2n) is 7.34. The summed E-state index contributed by atoms with van der Waals surface area (Å²) in [6.45, 7) is 4.28. The van der Waals surface area contributed by atoms with E-state index in [1.807, 2.05) is 41.3 Å². The van der Waals surface area contributed by atoms with Gasteiger partial charge in [-0.3, -0.25) is 9.48 Å². The number of aryl methyl sites for hydroxylation is 1. The molecule has 0 radical (unpaired) electrons. The molecule has 2 heterocycles. The lowest BCUT2D eigenvalue weighted by molar-refractivity contribution is -0.121. The summed E-state index contributed by atoms with van der Waals surface area (Å²) in [5, 5.41) is 10.6. The summed E-state index contributed by atoms with van der Waals surface area (Å²) < 4.78 is 1.90. The molecule has 1 aliphatic heterocycles. The molecule has 1 saturated heterocycles. The van der Waals surface area contributed by atoms with Gasteiger partial charge in [0.25, 0.3) is 5.91 Å². The highest BCUT2D eigenvalue weighted by Gasteiger charge is 2.52. The molecule has 1 aromatic heterocycles. The van der Waals surface area contributed by atoms with Crippen molar-refractivity contribution in [3.63, 3.8) is 0 Å². The third-order valence-corrected chi connectivity index (χ3v) is 5.46. The first-order valence-electron chi connectivity index (χ1n) is 9.59. The molecule has 7 heteroatoms. The van der Waals surface area contributed by atoms with Crippen molar-refractivity contribution < 1.29 is 9.59 Å². The molecule has 1 saturated carbocycles. The van der Waals surface area contributed by atoms with Gasteiger partial charge >= 0.3 is 6.03 Å². The Balaban J connectivity index is 1.43. The number of anilines is 1. The van der Waals surface area contributed by atoms with Crippen molar-refractivity contribution in [1.82, 2.24) is 20.4 Å². The van der Waals surface area contributed by atoms with Gasteiger partial charge in [0.2, 0.25) is 0 Å². The fourth-order valence-electron chi connectivity index (χ4n) is 4.00. The molecule has 1 spiro atoms. The summed E-state index contributed by atoms with van der Waals surface area (Å²) in [4.78, 5) is 26.7. The lowest BCUT2D eigenvalue weighted by atomic mass is 9.98. The van der Waals surface area contributed by atoms with E-state index in [2.05, 4.69) is 22.7 Å². The average Bonchev–Trinajstić information content (AvgIpc) is 3.37. The number of carbonyl (C=O) groups is 2. The van der Waals surface area contributed by atoms with Crippen LogP contribution >= 0.6 is 0 Å². The van der Waals surface area contributed by atoms with Crippen LogP contribution in [-0.4, -0.2) is 27.3 Å². The van der Waals surface area contributed by atoms with Gasteiger partial charge in [-0.25, -0.2) is 9.69 Å². The van der Waals surface area contributed by atoms with E-state index in [4.69, 9.17) is 0 Å². The minimum Gasteiger partial charge on any atom is -0.323 e. The molecule has 2 fully saturated rings. The maximum Gasteiger partial charge on any atom is 0.329 e. The number of carbonyl (C=O) groups excluding carboxylic acids is 2. The highest BCUT2D eigenvalue weighted by atomic mass is 16.2. The maximum absolute atomic E-state index is 12.9. The normalized spacial score (nSPS) is 18.5. The smallest absolute Gasteiger partial charge is 0.323 e. The number of aromatic nitrogens is 2. The van der Waals surface area contributed by atoms with E-state index in [-0.39, 0.29) is 11.9 Å². The molecular formula is C20H25N5O2. The fourth-order valence-corrected chi connectivity index (χ4v) is 4.00. The van der Waals surface area contributed by atoms with Gasteiger partial charge in [-0.2, -0.15) is 5.10 Å². The minimum atomic E-state index is -0.676. The zero-order chi connectivity index (χ0) is 18.9. The Morgan fingerprint density at radius 3 is 2.70 bits per heavy atom. The predicted octanol–water partition coefficient (Wildman–Crippen LogP) is 2.56. The standard InChI is InChI=1S/C20H25N5O2/c1-2-24-14-16(13-22-24)12-21-11-15-6-5-7-17(10-15)25-18(26)20(23-19(25)27)8-3-4-9-20/h5-7,10,13-14,21H,2-4,8-9,11-12H2,1H3,(H,23,27). The number of nitrogens with one attached hydrogen (secondary N) is 2. The summed E-state index contributed by atoms with van der Waals surface area (Å²) in [7, 11) is 0. The second-order valence-corrected chi connectivity index (χ2v) is 7.34. The Labute approximate surface area is 158 Å². The van der Waals surface area contributed by atoms with Crippen LogP contribution in [0.1, 0.15) is 43.7 Å². The Morgan fingerprint density at radius 1 is 1.19 bits per heavy atom. The molecule has 3 amide bonds. The highest BCUT2D eigenvalue weighted by Crippen LogP contribution is 2.37. The molecule has 2 aliphatic rings. The van der Waals surface area contributed by atoms with E-state index >= 15 is 0 Å². The van der Waals surface area contributed by atoms with E-state index in [9.17, 15) is 9.59 Å². The van der Waals surface area contributed by atoms with Gasteiger partial charge in [0.1, 0.15) is 5.54 Å². The number of benzene rings is 1. The minimum absolute atomic E-state index is 0.109. The van der Waals surface area contributed by atoms with E-state index in [0.29, 0.717) is 12.2 Å². The Bertz CT molecular complexity index is 854. The van der Waals surface area contributed by atoms with Gasteiger partial charge in [0.05, 0.1) is 11.9 Å². The summed E-state index contributed by atoms with van der Waals surface area (Å²) in [6.07, 6.45) is 7.33. The molecule has 1 aliphatic carbocycles. The van der Waals surface area contributed by atoms with Crippen LogP contribution in [0.2, 0.25) is 0 Å². The number of rotatable bonds is 6. The van der Waals surface area contributed by atoms with E-state index in [1.54, 1.807) is 0 Å². The van der Waals surface area contributed by atoms with Gasteiger partial charge in [0.15, 0.2) is 0 Å². The Morgan fingerprint density at radius 2 is 1.96 bits per heavy atom. The molecule has 2 aromatic rings. The van der Waals surface area contributed by atoms with Crippen molar-refractivity contribution in [1.29, 1.82) is 0 Å². The van der Waals surface area contributed by atoms with Crippen LogP contribution in [0.5, 0.6) is 0 Å². The summed E-state index contributed by atoms with van der Waals surface area (Å²) >= 11 is 0. The first-order valence-corrected chi connectivity index (χ1v) is 9.59. The molecule has 4 rings (SSSR count). The van der Waals surface area contributed by atoms with Crippen LogP contribution in [0.4, 0.5) is 10.5 Å². The van der Waals surface area contributed by atoms with E-state index in [1.165, 1.54) is 4.90 Å². The van der Waals surface area contributed by atoms with Gasteiger partial charge in [-0.15, -0.1) is 0 Å². The van der Waals surface area contributed by atoms with Crippen molar-refractivity contribution in [3.05, 3.63) is 47.8 Å². The number of hydrogen-bond acceptors (Lipinski definition) is 4. The topological polar surface area (TPSA) is 79.3 Å². The van der Waals surface area contributed by atoms with Crippen LogP contribution < -0.4 is 15.5 Å². The Hall–Kier alpha value is -2.67. The monoisotopic (exact) mass is 367 g/mol. The number of amides is 3. The quantitative estimate of drug-likeness (QED) is 0.769. The van der Waals surface area contributed by atoms with Crippen LogP contribution in [0, 0.1) is 0 Å². The van der Waals surface area contributed by atoms with Crippen LogP contribution in [0.3, 0.4) is 0 Å². The van der Waals surface area contributed by atoms with E-state index < -0.39 is 5.54 Å². The molecule has 0 atom stereocenters. The second kappa shape index (κ2) is 7.15. The maximum atomic E-state index is 12.9. The van der Waals surface area contributed by atoms with Crippen molar-refractivity contribution in [2.75, 3.05) is 4.90 Å². The van der Waals surface area contributed by atoms with Crippen molar-refractivity contribution in [3.8, 4) is 0 Å². The number of imide groups is 1. The number of urea groups is 1. The third-order valence-electron chi connectivity index (χ3n) is 5.46. The SMILES string of the molecule is CCn1cc(CNCc2cccc(N3C(=O)NC4(CCCC4)C3=O)c2)cn1. The van der Waals surface area contributed by atoms with Crippen molar-refractivity contribution >= 4 is 17.6 Å². The van der Waals surface area contributed by atoms with Crippen molar-refractivity contribution in [2.45, 2.75) is 57.8 Å². The summed E-state index contributed by atoms with van der Waals surface area (Å²) in [5.41, 5.74) is 2.12. The molecule has 0 bridgehead atoms.